The molecule has 0 amide bonds. The molecule has 0 saturated heterocycles. The summed E-state index contributed by atoms with van der Waals surface area (Å²) in [5.74, 6) is -0.440. The van der Waals surface area contributed by atoms with E-state index < -0.39 is 0 Å². The van der Waals surface area contributed by atoms with Crippen LogP contribution in [0.15, 0.2) is 152 Å². The fourth-order valence-electron chi connectivity index (χ4n) is 7.48. The molecule has 0 N–H and O–H groups in total. The number of rotatable bonds is 4. The summed E-state index contributed by atoms with van der Waals surface area (Å²) in [4.78, 5) is 0. The third-order valence-electron chi connectivity index (χ3n) is 9.83. The molecule has 0 aromatic heterocycles. The summed E-state index contributed by atoms with van der Waals surface area (Å²) in [6, 6.07) is 48.7. The molecule has 9 rings (SSSR count). The number of fused-ring (bicyclic) bond motifs is 4. The molecule has 0 atom stereocenters. The van der Waals surface area contributed by atoms with Gasteiger partial charge >= 0.3 is 0 Å². The molecule has 0 radical (unpaired) electrons. The second kappa shape index (κ2) is 11.4. The van der Waals surface area contributed by atoms with E-state index >= 15 is 0 Å². The van der Waals surface area contributed by atoms with E-state index in [2.05, 4.69) is 121 Å². The van der Waals surface area contributed by atoms with Gasteiger partial charge < -0.3 is 0 Å². The van der Waals surface area contributed by atoms with E-state index in [1.807, 2.05) is 12.1 Å². The van der Waals surface area contributed by atoms with Crippen LogP contribution in [0.1, 0.15) is 17.5 Å². The average Bonchev–Trinajstić information content (AvgIpc) is 3.13. The van der Waals surface area contributed by atoms with E-state index in [-0.39, 0.29) is 11.6 Å². The molecule has 0 aliphatic heterocycles. The maximum absolute atomic E-state index is 13.9. The van der Waals surface area contributed by atoms with Gasteiger partial charge in [-0.1, -0.05) is 121 Å². The first kappa shape index (κ1) is 28.4. The van der Waals surface area contributed by atoms with E-state index in [1.165, 1.54) is 56.3 Å². The lowest BCUT2D eigenvalue weighted by molar-refractivity contribution is 0.629. The third kappa shape index (κ3) is 4.89. The smallest absolute Gasteiger partial charge is 0.123 e. The Kier molecular flexibility index (Phi) is 6.76. The van der Waals surface area contributed by atoms with E-state index in [0.717, 1.165) is 56.6 Å². The molecule has 0 heterocycles. The molecule has 0 unspecified atom stereocenters. The van der Waals surface area contributed by atoms with Crippen LogP contribution >= 0.6 is 0 Å². The van der Waals surface area contributed by atoms with Crippen molar-refractivity contribution in [1.82, 2.24) is 0 Å². The van der Waals surface area contributed by atoms with Crippen LogP contribution in [0, 0.1) is 11.6 Å². The molecule has 228 valence electrons. The van der Waals surface area contributed by atoms with Crippen molar-refractivity contribution in [3.8, 4) is 44.5 Å². The minimum atomic E-state index is -0.221. The zero-order valence-electron chi connectivity index (χ0n) is 26.2. The van der Waals surface area contributed by atoms with Crippen molar-refractivity contribution < 1.29 is 8.78 Å². The average molecular weight is 621 g/mol. The van der Waals surface area contributed by atoms with Crippen LogP contribution in [0.5, 0.6) is 0 Å². The van der Waals surface area contributed by atoms with Crippen LogP contribution in [0.2, 0.25) is 0 Å². The van der Waals surface area contributed by atoms with E-state index in [1.54, 1.807) is 12.1 Å². The Hall–Kier alpha value is -5.86. The van der Waals surface area contributed by atoms with Gasteiger partial charge in [0.2, 0.25) is 0 Å². The summed E-state index contributed by atoms with van der Waals surface area (Å²) >= 11 is 0. The van der Waals surface area contributed by atoms with Gasteiger partial charge in [-0.15, -0.1) is 0 Å². The highest BCUT2D eigenvalue weighted by atomic mass is 19.1. The SMILES string of the molecule is Fc1ccc2ccc(-c3ccc(-c4c5c(c(-c6ccc(-c7ccc8ccc(F)cc8c7)cc6)c6ccccc46)CCC=C5)cc3)cc2c1. The number of allylic oxidation sites excluding steroid dienone is 1. The fourth-order valence-corrected chi connectivity index (χ4v) is 7.48. The molecule has 8 aromatic rings. The molecule has 0 spiro atoms. The number of halogens is 2. The van der Waals surface area contributed by atoms with Crippen molar-refractivity contribution in [1.29, 1.82) is 0 Å². The van der Waals surface area contributed by atoms with Gasteiger partial charge in [0.05, 0.1) is 0 Å². The highest BCUT2D eigenvalue weighted by Gasteiger charge is 2.21. The van der Waals surface area contributed by atoms with Crippen LogP contribution in [-0.4, -0.2) is 0 Å². The monoisotopic (exact) mass is 620 g/mol. The molecular formula is C46H30F2. The van der Waals surface area contributed by atoms with Crippen LogP contribution in [-0.2, 0) is 6.42 Å². The summed E-state index contributed by atoms with van der Waals surface area (Å²) in [6.45, 7) is 0. The highest BCUT2D eigenvalue weighted by Crippen LogP contribution is 2.45. The minimum absolute atomic E-state index is 0.220. The van der Waals surface area contributed by atoms with E-state index in [4.69, 9.17) is 0 Å². The number of hydrogen-bond donors (Lipinski definition) is 0. The van der Waals surface area contributed by atoms with Crippen LogP contribution in [0.3, 0.4) is 0 Å². The topological polar surface area (TPSA) is 0 Å². The van der Waals surface area contributed by atoms with Crippen molar-refractivity contribution in [2.75, 3.05) is 0 Å². The van der Waals surface area contributed by atoms with Gasteiger partial charge in [-0.2, -0.15) is 0 Å². The van der Waals surface area contributed by atoms with Crippen LogP contribution < -0.4 is 0 Å². The number of benzene rings is 8. The summed E-state index contributed by atoms with van der Waals surface area (Å²) in [7, 11) is 0. The maximum atomic E-state index is 13.9. The van der Waals surface area contributed by atoms with Gasteiger partial charge in [0.1, 0.15) is 11.6 Å². The van der Waals surface area contributed by atoms with Crippen LogP contribution in [0.4, 0.5) is 8.78 Å². The molecule has 2 heteroatoms. The standard InChI is InChI=1S/C46H30F2/c47-39-23-21-31-13-19-35(25-37(31)27-39)29-9-15-33(16-10-29)45-41-5-1-2-6-42(41)46(44-8-4-3-7-43(44)45)34-17-11-30(12-18-34)36-20-14-32-22-24-40(48)28-38(32)26-36/h1-3,5-7,9-28H,4,8H2. The first-order valence-electron chi connectivity index (χ1n) is 16.4. The quantitative estimate of drug-likeness (QED) is 0.184. The first-order chi connectivity index (χ1) is 23.6. The van der Waals surface area contributed by atoms with Gasteiger partial charge in [0.15, 0.2) is 0 Å². The molecule has 0 nitrogen and oxygen atoms in total. The zero-order valence-corrected chi connectivity index (χ0v) is 26.2. The van der Waals surface area contributed by atoms with Gasteiger partial charge in [0, 0.05) is 0 Å². The zero-order chi connectivity index (χ0) is 32.2. The van der Waals surface area contributed by atoms with Crippen molar-refractivity contribution in [3.05, 3.63) is 174 Å². The summed E-state index contributed by atoms with van der Waals surface area (Å²) in [5, 5.41) is 6.34. The first-order valence-corrected chi connectivity index (χ1v) is 16.4. The fraction of sp³-hybridized carbons (Fsp3) is 0.0435. The normalized spacial score (nSPS) is 12.5. The Balaban J connectivity index is 1.14. The van der Waals surface area contributed by atoms with E-state index in [9.17, 15) is 8.78 Å². The van der Waals surface area contributed by atoms with E-state index in [0.29, 0.717) is 0 Å². The molecule has 0 bridgehead atoms. The van der Waals surface area contributed by atoms with Gasteiger partial charge in [-0.05, 0) is 137 Å². The summed E-state index contributed by atoms with van der Waals surface area (Å²) in [5.41, 5.74) is 11.9. The van der Waals surface area contributed by atoms with Crippen molar-refractivity contribution >= 4 is 38.4 Å². The lowest BCUT2D eigenvalue weighted by Crippen LogP contribution is -2.02. The van der Waals surface area contributed by atoms with Gasteiger partial charge in [-0.25, -0.2) is 8.78 Å². The minimum Gasteiger partial charge on any atom is -0.207 e. The molecule has 1 aliphatic carbocycles. The Labute approximate surface area is 278 Å². The second-order valence-electron chi connectivity index (χ2n) is 12.7. The molecular weight excluding hydrogens is 591 g/mol. The molecule has 1 aliphatic rings. The summed E-state index contributed by atoms with van der Waals surface area (Å²) in [6.07, 6.45) is 6.57. The third-order valence-corrected chi connectivity index (χ3v) is 9.83. The van der Waals surface area contributed by atoms with Crippen molar-refractivity contribution in [2.45, 2.75) is 12.8 Å². The van der Waals surface area contributed by atoms with Gasteiger partial charge in [-0.3, -0.25) is 0 Å². The largest absolute Gasteiger partial charge is 0.207 e. The maximum Gasteiger partial charge on any atom is 0.123 e. The Morgan fingerprint density at radius 3 is 1.42 bits per heavy atom. The second-order valence-corrected chi connectivity index (χ2v) is 12.7. The Bertz CT molecular complexity index is 2560. The Morgan fingerprint density at radius 1 is 0.396 bits per heavy atom. The lowest BCUT2D eigenvalue weighted by atomic mass is 9.80. The predicted octanol–water partition coefficient (Wildman–Crippen LogP) is 13.1. The van der Waals surface area contributed by atoms with Gasteiger partial charge in [0.25, 0.3) is 0 Å². The molecule has 48 heavy (non-hydrogen) atoms. The van der Waals surface area contributed by atoms with Crippen LogP contribution in [0.25, 0.3) is 82.9 Å². The highest BCUT2D eigenvalue weighted by molar-refractivity contribution is 6.10. The predicted molar refractivity (Wildman–Crippen MR) is 198 cm³/mol. The van der Waals surface area contributed by atoms with Crippen molar-refractivity contribution in [2.24, 2.45) is 0 Å². The van der Waals surface area contributed by atoms with Crippen molar-refractivity contribution in [3.63, 3.8) is 0 Å². The lowest BCUT2D eigenvalue weighted by Gasteiger charge is -2.24. The Morgan fingerprint density at radius 2 is 0.854 bits per heavy atom. The number of hydrogen-bond acceptors (Lipinski definition) is 0. The molecule has 0 saturated carbocycles. The molecule has 8 aromatic carbocycles. The molecule has 0 fully saturated rings. The summed E-state index contributed by atoms with van der Waals surface area (Å²) < 4.78 is 27.9.